The Kier molecular flexibility index (Phi) is 7.98. The van der Waals surface area contributed by atoms with E-state index in [4.69, 9.17) is 14.2 Å². The van der Waals surface area contributed by atoms with Gasteiger partial charge in [-0.3, -0.25) is 14.5 Å². The highest BCUT2D eigenvalue weighted by Gasteiger charge is 2.28. The van der Waals surface area contributed by atoms with Gasteiger partial charge >= 0.3 is 0 Å². The van der Waals surface area contributed by atoms with Gasteiger partial charge in [-0.25, -0.2) is 0 Å². The lowest BCUT2D eigenvalue weighted by atomic mass is 10.1. The smallest absolute Gasteiger partial charge is 0.260 e. The first-order chi connectivity index (χ1) is 15.5. The van der Waals surface area contributed by atoms with E-state index >= 15 is 0 Å². The van der Waals surface area contributed by atoms with Crippen molar-refractivity contribution < 1.29 is 23.8 Å². The maximum atomic E-state index is 13.7. The summed E-state index contributed by atoms with van der Waals surface area (Å²) in [6.07, 6.45) is 1.32. The van der Waals surface area contributed by atoms with Crippen molar-refractivity contribution in [2.24, 2.45) is 0 Å². The van der Waals surface area contributed by atoms with E-state index in [0.717, 1.165) is 17.7 Å². The predicted octanol–water partition coefficient (Wildman–Crippen LogP) is 4.42. The highest BCUT2D eigenvalue weighted by atomic mass is 16.5. The molecule has 7 nitrogen and oxygen atoms in total. The van der Waals surface area contributed by atoms with Crippen molar-refractivity contribution in [3.05, 3.63) is 47.5 Å². The molecule has 2 aromatic carbocycles. The molecule has 0 atom stereocenters. The van der Waals surface area contributed by atoms with E-state index in [1.54, 1.807) is 21.9 Å². The molecule has 1 aliphatic rings. The van der Waals surface area contributed by atoms with E-state index in [9.17, 15) is 9.59 Å². The van der Waals surface area contributed by atoms with Crippen molar-refractivity contribution in [3.63, 3.8) is 0 Å². The van der Waals surface area contributed by atoms with Crippen LogP contribution in [0.4, 0.5) is 5.69 Å². The number of hydrogen-bond acceptors (Lipinski definition) is 5. The molecule has 1 saturated heterocycles. The molecule has 7 heteroatoms. The van der Waals surface area contributed by atoms with Gasteiger partial charge in [0.1, 0.15) is 6.67 Å². The number of likely N-dealkylation sites (tertiary alicyclic amines) is 1. The second kappa shape index (κ2) is 10.9. The van der Waals surface area contributed by atoms with Crippen molar-refractivity contribution >= 4 is 17.5 Å². The molecule has 2 amide bonds. The zero-order chi connectivity index (χ0) is 23.1. The summed E-state index contributed by atoms with van der Waals surface area (Å²) in [5, 5.41) is 0. The van der Waals surface area contributed by atoms with E-state index in [2.05, 4.69) is 0 Å². The third-order valence-electron chi connectivity index (χ3n) is 5.23. The Balaban J connectivity index is 2.03. The Morgan fingerprint density at radius 1 is 0.969 bits per heavy atom. The molecule has 172 valence electrons. The van der Waals surface area contributed by atoms with Crippen LogP contribution in [-0.4, -0.2) is 49.7 Å². The number of rotatable bonds is 10. The maximum absolute atomic E-state index is 13.7. The van der Waals surface area contributed by atoms with Crippen LogP contribution >= 0.6 is 0 Å². The molecule has 0 radical (unpaired) electrons. The van der Waals surface area contributed by atoms with Gasteiger partial charge in [0, 0.05) is 24.2 Å². The van der Waals surface area contributed by atoms with Crippen LogP contribution in [-0.2, 0) is 4.79 Å². The van der Waals surface area contributed by atoms with Crippen LogP contribution in [0.15, 0.2) is 36.4 Å². The SMILES string of the molecule is CCOc1cc(C(=O)N(CN2CCCC2=O)c2ccc(C)cc2)cc(OCC)c1OCC. The third-order valence-corrected chi connectivity index (χ3v) is 5.23. The monoisotopic (exact) mass is 440 g/mol. The normalized spacial score (nSPS) is 13.2. The second-order valence-electron chi connectivity index (χ2n) is 7.57. The summed E-state index contributed by atoms with van der Waals surface area (Å²) in [4.78, 5) is 29.4. The van der Waals surface area contributed by atoms with Crippen molar-refractivity contribution in [1.29, 1.82) is 0 Å². The summed E-state index contributed by atoms with van der Waals surface area (Å²) in [6, 6.07) is 11.1. The molecule has 0 bridgehead atoms. The fraction of sp³-hybridized carbons (Fsp3) is 0.440. The molecule has 32 heavy (non-hydrogen) atoms. The van der Waals surface area contributed by atoms with E-state index in [0.29, 0.717) is 55.6 Å². The molecule has 0 aromatic heterocycles. The quantitative estimate of drug-likeness (QED) is 0.547. The van der Waals surface area contributed by atoms with Crippen LogP contribution in [0, 0.1) is 6.92 Å². The molecule has 0 unspecified atom stereocenters. The fourth-order valence-electron chi connectivity index (χ4n) is 3.68. The minimum absolute atomic E-state index is 0.0617. The number of ether oxygens (including phenoxy) is 3. The molecular formula is C25H32N2O5. The minimum atomic E-state index is -0.237. The van der Waals surface area contributed by atoms with Crippen molar-refractivity contribution in [3.8, 4) is 17.2 Å². The summed E-state index contributed by atoms with van der Waals surface area (Å²) in [6.45, 7) is 9.77. The van der Waals surface area contributed by atoms with Gasteiger partial charge in [-0.1, -0.05) is 17.7 Å². The van der Waals surface area contributed by atoms with Crippen LogP contribution in [0.5, 0.6) is 17.2 Å². The number of aryl methyl sites for hydroxylation is 1. The molecule has 0 aliphatic carbocycles. The van der Waals surface area contributed by atoms with Crippen LogP contribution in [0.3, 0.4) is 0 Å². The zero-order valence-corrected chi connectivity index (χ0v) is 19.3. The Morgan fingerprint density at radius 3 is 2.06 bits per heavy atom. The van der Waals surface area contributed by atoms with Gasteiger partial charge in [0.25, 0.3) is 5.91 Å². The second-order valence-corrected chi connectivity index (χ2v) is 7.57. The van der Waals surface area contributed by atoms with E-state index in [-0.39, 0.29) is 18.5 Å². The largest absolute Gasteiger partial charge is 0.490 e. The highest BCUT2D eigenvalue weighted by molar-refractivity contribution is 6.07. The summed E-state index contributed by atoms with van der Waals surface area (Å²) in [7, 11) is 0. The van der Waals surface area contributed by atoms with Crippen LogP contribution in [0.1, 0.15) is 49.5 Å². The first-order valence-corrected chi connectivity index (χ1v) is 11.2. The summed E-state index contributed by atoms with van der Waals surface area (Å²) in [5.41, 5.74) is 2.23. The molecule has 0 spiro atoms. The molecule has 2 aromatic rings. The van der Waals surface area contributed by atoms with Gasteiger partial charge in [0.05, 0.1) is 19.8 Å². The lowest BCUT2D eigenvalue weighted by Crippen LogP contribution is -2.42. The predicted molar refractivity (Wildman–Crippen MR) is 124 cm³/mol. The number of carbonyl (C=O) groups is 2. The van der Waals surface area contributed by atoms with Gasteiger partial charge in [-0.05, 0) is 58.4 Å². The summed E-state index contributed by atoms with van der Waals surface area (Å²) < 4.78 is 17.3. The topological polar surface area (TPSA) is 68.3 Å². The molecule has 0 saturated carbocycles. The van der Waals surface area contributed by atoms with Gasteiger partial charge in [-0.2, -0.15) is 0 Å². The van der Waals surface area contributed by atoms with Crippen LogP contribution in [0.2, 0.25) is 0 Å². The average Bonchev–Trinajstić information content (AvgIpc) is 3.19. The Labute approximate surface area is 189 Å². The lowest BCUT2D eigenvalue weighted by molar-refractivity contribution is -0.127. The van der Waals surface area contributed by atoms with Crippen molar-refractivity contribution in [1.82, 2.24) is 4.90 Å². The number of hydrogen-bond donors (Lipinski definition) is 0. The zero-order valence-electron chi connectivity index (χ0n) is 19.3. The van der Waals surface area contributed by atoms with Crippen LogP contribution < -0.4 is 19.1 Å². The summed E-state index contributed by atoms with van der Waals surface area (Å²) in [5.74, 6) is 1.24. The number of amides is 2. The number of benzene rings is 2. The molecule has 1 fully saturated rings. The van der Waals surface area contributed by atoms with E-state index in [1.165, 1.54) is 0 Å². The van der Waals surface area contributed by atoms with Gasteiger partial charge in [0.15, 0.2) is 11.5 Å². The number of anilines is 1. The van der Waals surface area contributed by atoms with Gasteiger partial charge in [0.2, 0.25) is 11.7 Å². The number of nitrogens with zero attached hydrogens (tertiary/aromatic N) is 2. The summed E-state index contributed by atoms with van der Waals surface area (Å²) >= 11 is 0. The minimum Gasteiger partial charge on any atom is -0.490 e. The van der Waals surface area contributed by atoms with Crippen molar-refractivity contribution in [2.45, 2.75) is 40.5 Å². The molecule has 0 N–H and O–H groups in total. The van der Waals surface area contributed by atoms with Crippen LogP contribution in [0.25, 0.3) is 0 Å². The first kappa shape index (κ1) is 23.4. The van der Waals surface area contributed by atoms with E-state index in [1.807, 2.05) is 52.0 Å². The first-order valence-electron chi connectivity index (χ1n) is 11.2. The molecular weight excluding hydrogens is 408 g/mol. The Morgan fingerprint density at radius 2 is 1.56 bits per heavy atom. The third kappa shape index (κ3) is 5.33. The maximum Gasteiger partial charge on any atom is 0.260 e. The van der Waals surface area contributed by atoms with Gasteiger partial charge in [-0.15, -0.1) is 0 Å². The van der Waals surface area contributed by atoms with Crippen molar-refractivity contribution in [2.75, 3.05) is 37.9 Å². The fourth-order valence-corrected chi connectivity index (χ4v) is 3.68. The Bertz CT molecular complexity index is 915. The standard InChI is InChI=1S/C25H32N2O5/c1-5-30-21-15-19(16-22(31-6-2)24(21)32-7-3)25(29)27(17-26-14-8-9-23(26)28)20-12-10-18(4)11-13-20/h10-13,15-16H,5-9,14,17H2,1-4H3. The molecule has 1 heterocycles. The Hall–Kier alpha value is -3.22. The molecule has 3 rings (SSSR count). The molecule has 1 aliphatic heterocycles. The van der Waals surface area contributed by atoms with Gasteiger partial charge < -0.3 is 19.1 Å². The number of carbonyl (C=O) groups excluding carboxylic acids is 2. The average molecular weight is 441 g/mol. The highest BCUT2D eigenvalue weighted by Crippen LogP contribution is 2.39. The van der Waals surface area contributed by atoms with E-state index < -0.39 is 0 Å². The lowest BCUT2D eigenvalue weighted by Gasteiger charge is -2.28.